The minimum atomic E-state index is -1.01. The monoisotopic (exact) mass is 317 g/mol. The highest BCUT2D eigenvalue weighted by molar-refractivity contribution is 5.88. The second-order valence-electron chi connectivity index (χ2n) is 4.35. The number of rotatable bonds is 3. The SMILES string of the molecule is CC(=O)Oc1ccc(C(=O)O)cc1.Nc1ccc(C(=O)O)cc1. The van der Waals surface area contributed by atoms with Crippen LogP contribution in [0.15, 0.2) is 48.5 Å². The molecule has 0 aliphatic carbocycles. The lowest BCUT2D eigenvalue weighted by atomic mass is 10.2. The summed E-state index contributed by atoms with van der Waals surface area (Å²) < 4.78 is 4.72. The summed E-state index contributed by atoms with van der Waals surface area (Å²) in [6.07, 6.45) is 0. The number of carboxylic acids is 2. The Kier molecular flexibility index (Phi) is 6.30. The number of nitrogens with two attached hydrogens (primary N) is 1. The van der Waals surface area contributed by atoms with Crippen molar-refractivity contribution in [1.82, 2.24) is 0 Å². The van der Waals surface area contributed by atoms with Crippen molar-refractivity contribution < 1.29 is 29.3 Å². The third kappa shape index (κ3) is 6.30. The standard InChI is InChI=1S/C9H8O4.C7H7NO2/c1-6(10)13-8-4-2-7(3-5-8)9(11)12;8-6-3-1-5(2-4-6)7(9)10/h2-5H,1H3,(H,11,12);1-4H,8H2,(H,9,10). The van der Waals surface area contributed by atoms with Gasteiger partial charge in [-0.2, -0.15) is 0 Å². The molecule has 0 unspecified atom stereocenters. The molecule has 2 aromatic carbocycles. The summed E-state index contributed by atoms with van der Waals surface area (Å²) in [5.41, 5.74) is 6.33. The Balaban J connectivity index is 0.000000238. The molecule has 0 fully saturated rings. The Labute approximate surface area is 131 Å². The van der Waals surface area contributed by atoms with Gasteiger partial charge < -0.3 is 20.7 Å². The maximum atomic E-state index is 10.5. The smallest absolute Gasteiger partial charge is 0.335 e. The predicted molar refractivity (Wildman–Crippen MR) is 82.5 cm³/mol. The first-order chi connectivity index (χ1) is 10.8. The van der Waals surface area contributed by atoms with Crippen LogP contribution in [0, 0.1) is 0 Å². The summed E-state index contributed by atoms with van der Waals surface area (Å²) in [4.78, 5) is 31.2. The number of carbonyl (C=O) groups excluding carboxylic acids is 1. The number of hydrogen-bond donors (Lipinski definition) is 3. The maximum Gasteiger partial charge on any atom is 0.335 e. The van der Waals surface area contributed by atoms with E-state index in [1.807, 2.05) is 0 Å². The quantitative estimate of drug-likeness (QED) is 0.450. The van der Waals surface area contributed by atoms with Crippen LogP contribution in [0.4, 0.5) is 5.69 Å². The average Bonchev–Trinajstić information content (AvgIpc) is 2.48. The summed E-state index contributed by atoms with van der Waals surface area (Å²) >= 11 is 0. The molecule has 7 nitrogen and oxygen atoms in total. The Morgan fingerprint density at radius 3 is 1.57 bits per heavy atom. The molecular weight excluding hydrogens is 302 g/mol. The van der Waals surface area contributed by atoms with E-state index in [2.05, 4.69) is 0 Å². The minimum Gasteiger partial charge on any atom is -0.478 e. The van der Waals surface area contributed by atoms with E-state index in [1.54, 1.807) is 12.1 Å². The molecule has 0 saturated heterocycles. The Hall–Kier alpha value is -3.35. The van der Waals surface area contributed by atoms with Gasteiger partial charge in [0.15, 0.2) is 0 Å². The van der Waals surface area contributed by atoms with E-state index in [-0.39, 0.29) is 11.1 Å². The van der Waals surface area contributed by atoms with Crippen LogP contribution < -0.4 is 10.5 Å². The molecule has 2 aromatic rings. The third-order valence-electron chi connectivity index (χ3n) is 2.52. The van der Waals surface area contributed by atoms with Gasteiger partial charge in [0, 0.05) is 12.6 Å². The van der Waals surface area contributed by atoms with Crippen molar-refractivity contribution in [3.05, 3.63) is 59.7 Å². The fourth-order valence-electron chi connectivity index (χ4n) is 1.46. The van der Waals surface area contributed by atoms with E-state index >= 15 is 0 Å². The number of anilines is 1. The van der Waals surface area contributed by atoms with Gasteiger partial charge in [-0.05, 0) is 48.5 Å². The van der Waals surface area contributed by atoms with E-state index < -0.39 is 17.9 Å². The van der Waals surface area contributed by atoms with Crippen molar-refractivity contribution in [2.45, 2.75) is 6.92 Å². The van der Waals surface area contributed by atoms with Gasteiger partial charge in [-0.1, -0.05) is 0 Å². The molecule has 7 heteroatoms. The second-order valence-corrected chi connectivity index (χ2v) is 4.35. The average molecular weight is 317 g/mol. The molecule has 0 saturated carbocycles. The highest BCUT2D eigenvalue weighted by atomic mass is 16.5. The largest absolute Gasteiger partial charge is 0.478 e. The van der Waals surface area contributed by atoms with Crippen LogP contribution in [-0.2, 0) is 4.79 Å². The fourth-order valence-corrected chi connectivity index (χ4v) is 1.46. The zero-order valence-electron chi connectivity index (χ0n) is 12.2. The zero-order valence-corrected chi connectivity index (χ0v) is 12.2. The highest BCUT2D eigenvalue weighted by Crippen LogP contribution is 2.12. The molecule has 0 aliphatic rings. The Morgan fingerprint density at radius 1 is 0.826 bits per heavy atom. The number of nitrogen functional groups attached to an aromatic ring is 1. The molecule has 0 aliphatic heterocycles. The molecule has 2 rings (SSSR count). The van der Waals surface area contributed by atoms with Gasteiger partial charge in [0.2, 0.25) is 0 Å². The first-order valence-corrected chi connectivity index (χ1v) is 6.40. The van der Waals surface area contributed by atoms with E-state index in [4.69, 9.17) is 20.7 Å². The number of esters is 1. The number of aromatic carboxylic acids is 2. The van der Waals surface area contributed by atoms with Gasteiger partial charge in [0.05, 0.1) is 11.1 Å². The van der Waals surface area contributed by atoms with Crippen LogP contribution in [0.2, 0.25) is 0 Å². The lowest BCUT2D eigenvalue weighted by Crippen LogP contribution is -2.02. The van der Waals surface area contributed by atoms with Crippen molar-refractivity contribution in [2.75, 3.05) is 5.73 Å². The summed E-state index contributed by atoms with van der Waals surface area (Å²) in [6, 6.07) is 11.7. The summed E-state index contributed by atoms with van der Waals surface area (Å²) in [7, 11) is 0. The molecule has 23 heavy (non-hydrogen) atoms. The van der Waals surface area contributed by atoms with Crippen LogP contribution in [0.25, 0.3) is 0 Å². The molecule has 0 heterocycles. The molecule has 4 N–H and O–H groups in total. The van der Waals surface area contributed by atoms with E-state index in [0.29, 0.717) is 11.4 Å². The molecule has 0 bridgehead atoms. The van der Waals surface area contributed by atoms with Gasteiger partial charge in [0.1, 0.15) is 5.75 Å². The van der Waals surface area contributed by atoms with Gasteiger partial charge in [-0.15, -0.1) is 0 Å². The summed E-state index contributed by atoms with van der Waals surface area (Å²) in [6.45, 7) is 1.28. The molecule has 0 aromatic heterocycles. The normalized spacial score (nSPS) is 9.26. The summed E-state index contributed by atoms with van der Waals surface area (Å²) in [5.74, 6) is -2.02. The van der Waals surface area contributed by atoms with Crippen LogP contribution in [0.3, 0.4) is 0 Å². The van der Waals surface area contributed by atoms with Crippen molar-refractivity contribution in [1.29, 1.82) is 0 Å². The van der Waals surface area contributed by atoms with Crippen LogP contribution in [-0.4, -0.2) is 28.1 Å². The molecule has 0 spiro atoms. The zero-order chi connectivity index (χ0) is 17.4. The lowest BCUT2D eigenvalue weighted by Gasteiger charge is -2.00. The van der Waals surface area contributed by atoms with Crippen molar-refractivity contribution in [3.63, 3.8) is 0 Å². The summed E-state index contributed by atoms with van der Waals surface area (Å²) in [5, 5.41) is 17.0. The molecule has 0 atom stereocenters. The van der Waals surface area contributed by atoms with E-state index in [1.165, 1.54) is 43.3 Å². The topological polar surface area (TPSA) is 127 Å². The van der Waals surface area contributed by atoms with E-state index in [9.17, 15) is 14.4 Å². The molecule has 0 radical (unpaired) electrons. The molecule has 0 amide bonds. The number of hydrogen-bond acceptors (Lipinski definition) is 5. The predicted octanol–water partition coefficient (Wildman–Crippen LogP) is 2.28. The number of carbonyl (C=O) groups is 3. The second kappa shape index (κ2) is 8.18. The highest BCUT2D eigenvalue weighted by Gasteiger charge is 2.02. The van der Waals surface area contributed by atoms with E-state index in [0.717, 1.165) is 0 Å². The van der Waals surface area contributed by atoms with Gasteiger partial charge in [-0.3, -0.25) is 4.79 Å². The van der Waals surface area contributed by atoms with Crippen LogP contribution in [0.5, 0.6) is 5.75 Å². The molecular formula is C16H15NO6. The van der Waals surface area contributed by atoms with Gasteiger partial charge in [0.25, 0.3) is 0 Å². The third-order valence-corrected chi connectivity index (χ3v) is 2.52. The van der Waals surface area contributed by atoms with Crippen molar-refractivity contribution in [2.24, 2.45) is 0 Å². The number of ether oxygens (including phenoxy) is 1. The number of benzene rings is 2. The van der Waals surface area contributed by atoms with Gasteiger partial charge in [-0.25, -0.2) is 9.59 Å². The maximum absolute atomic E-state index is 10.5. The lowest BCUT2D eigenvalue weighted by molar-refractivity contribution is -0.131. The Bertz CT molecular complexity index is 692. The van der Waals surface area contributed by atoms with Crippen LogP contribution >= 0.6 is 0 Å². The van der Waals surface area contributed by atoms with Crippen molar-refractivity contribution >= 4 is 23.6 Å². The first kappa shape index (κ1) is 17.7. The van der Waals surface area contributed by atoms with Crippen molar-refractivity contribution in [3.8, 4) is 5.75 Å². The van der Waals surface area contributed by atoms with Gasteiger partial charge >= 0.3 is 17.9 Å². The first-order valence-electron chi connectivity index (χ1n) is 6.40. The minimum absolute atomic E-state index is 0.163. The molecule has 120 valence electrons. The fraction of sp³-hybridized carbons (Fsp3) is 0.0625. The number of carboxylic acid groups (broad SMARTS) is 2. The Morgan fingerprint density at radius 2 is 1.22 bits per heavy atom. The van der Waals surface area contributed by atoms with Crippen LogP contribution in [0.1, 0.15) is 27.6 Å².